The first-order valence-electron chi connectivity index (χ1n) is 5.50. The molecular weight excluding hydrogens is 207 g/mol. The lowest BCUT2D eigenvalue weighted by molar-refractivity contribution is -0.0297. The van der Waals surface area contributed by atoms with Gasteiger partial charge in [-0.2, -0.15) is 0 Å². The number of aryl methyl sites for hydroxylation is 1. The molecule has 2 nitrogen and oxygen atoms in total. The highest BCUT2D eigenvalue weighted by Gasteiger charge is 2.21. The standard InChI is InChI=1S/C13H19FO2/c1-4-16-9-13(3,15)8-11-5-6-12(14)7-10(11)2/h5-7,15H,4,8-9H2,1-3H3. The zero-order chi connectivity index (χ0) is 12.2. The fraction of sp³-hybridized carbons (Fsp3) is 0.538. The maximum absolute atomic E-state index is 12.9. The van der Waals surface area contributed by atoms with Gasteiger partial charge in [0.15, 0.2) is 0 Å². The first kappa shape index (κ1) is 13.1. The minimum atomic E-state index is -0.904. The molecule has 0 amide bonds. The van der Waals surface area contributed by atoms with Gasteiger partial charge >= 0.3 is 0 Å². The van der Waals surface area contributed by atoms with Crippen molar-refractivity contribution in [2.24, 2.45) is 0 Å². The zero-order valence-corrected chi connectivity index (χ0v) is 10.1. The van der Waals surface area contributed by atoms with Gasteiger partial charge in [-0.15, -0.1) is 0 Å². The van der Waals surface area contributed by atoms with Crippen LogP contribution in [-0.4, -0.2) is 23.9 Å². The Hall–Kier alpha value is -0.930. The van der Waals surface area contributed by atoms with Crippen molar-refractivity contribution in [3.63, 3.8) is 0 Å². The summed E-state index contributed by atoms with van der Waals surface area (Å²) in [6.45, 7) is 6.33. The normalized spacial score (nSPS) is 14.8. The predicted molar refractivity (Wildman–Crippen MR) is 62.0 cm³/mol. The van der Waals surface area contributed by atoms with Gasteiger partial charge in [-0.05, 0) is 44.0 Å². The van der Waals surface area contributed by atoms with Crippen molar-refractivity contribution in [3.05, 3.63) is 35.1 Å². The Bertz CT molecular complexity index is 348. The van der Waals surface area contributed by atoms with Gasteiger partial charge < -0.3 is 9.84 Å². The van der Waals surface area contributed by atoms with E-state index in [2.05, 4.69) is 0 Å². The highest BCUT2D eigenvalue weighted by Crippen LogP contribution is 2.18. The van der Waals surface area contributed by atoms with E-state index >= 15 is 0 Å². The van der Waals surface area contributed by atoms with Crippen LogP contribution in [0.3, 0.4) is 0 Å². The molecule has 0 saturated heterocycles. The van der Waals surface area contributed by atoms with Gasteiger partial charge in [0, 0.05) is 13.0 Å². The number of hydrogen-bond acceptors (Lipinski definition) is 2. The van der Waals surface area contributed by atoms with Crippen LogP contribution in [0.1, 0.15) is 25.0 Å². The van der Waals surface area contributed by atoms with Crippen LogP contribution in [0.4, 0.5) is 4.39 Å². The van der Waals surface area contributed by atoms with Crippen LogP contribution >= 0.6 is 0 Å². The fourth-order valence-electron chi connectivity index (χ4n) is 1.64. The van der Waals surface area contributed by atoms with E-state index in [1.54, 1.807) is 13.0 Å². The molecule has 0 aliphatic carbocycles. The summed E-state index contributed by atoms with van der Waals surface area (Å²) in [5.41, 5.74) is 0.904. The quantitative estimate of drug-likeness (QED) is 0.835. The number of halogens is 1. The van der Waals surface area contributed by atoms with Crippen molar-refractivity contribution in [3.8, 4) is 0 Å². The Morgan fingerprint density at radius 1 is 1.44 bits per heavy atom. The van der Waals surface area contributed by atoms with Crippen molar-refractivity contribution in [2.45, 2.75) is 32.8 Å². The third-order valence-electron chi connectivity index (χ3n) is 2.49. The Kier molecular flexibility index (Phi) is 4.44. The van der Waals surface area contributed by atoms with Crippen LogP contribution in [0.25, 0.3) is 0 Å². The smallest absolute Gasteiger partial charge is 0.123 e. The minimum absolute atomic E-state index is 0.245. The zero-order valence-electron chi connectivity index (χ0n) is 10.1. The van der Waals surface area contributed by atoms with Crippen LogP contribution < -0.4 is 0 Å². The molecule has 1 atom stereocenters. The molecule has 90 valence electrons. The monoisotopic (exact) mass is 226 g/mol. The van der Waals surface area contributed by atoms with Gasteiger partial charge in [0.2, 0.25) is 0 Å². The molecule has 0 bridgehead atoms. The lowest BCUT2D eigenvalue weighted by Crippen LogP contribution is -2.33. The number of hydrogen-bond donors (Lipinski definition) is 1. The second-order valence-corrected chi connectivity index (χ2v) is 4.38. The van der Waals surface area contributed by atoms with Gasteiger partial charge in [-0.1, -0.05) is 6.07 Å². The largest absolute Gasteiger partial charge is 0.387 e. The molecule has 16 heavy (non-hydrogen) atoms. The van der Waals surface area contributed by atoms with Crippen LogP contribution in [0.15, 0.2) is 18.2 Å². The van der Waals surface area contributed by atoms with Crippen molar-refractivity contribution in [1.29, 1.82) is 0 Å². The lowest BCUT2D eigenvalue weighted by atomic mass is 9.94. The van der Waals surface area contributed by atoms with Gasteiger partial charge in [0.1, 0.15) is 5.82 Å². The van der Waals surface area contributed by atoms with Crippen LogP contribution in [0.2, 0.25) is 0 Å². The fourth-order valence-corrected chi connectivity index (χ4v) is 1.64. The summed E-state index contributed by atoms with van der Waals surface area (Å²) in [6, 6.07) is 4.61. The van der Waals surface area contributed by atoms with Gasteiger partial charge in [-0.25, -0.2) is 4.39 Å². The number of benzene rings is 1. The molecule has 0 aromatic heterocycles. The topological polar surface area (TPSA) is 29.5 Å². The molecule has 1 aromatic rings. The summed E-state index contributed by atoms with van der Waals surface area (Å²) < 4.78 is 18.1. The second kappa shape index (κ2) is 5.41. The van der Waals surface area contributed by atoms with Crippen molar-refractivity contribution < 1.29 is 14.2 Å². The SMILES string of the molecule is CCOCC(C)(O)Cc1ccc(F)cc1C. The van der Waals surface area contributed by atoms with E-state index in [1.165, 1.54) is 12.1 Å². The molecule has 0 saturated carbocycles. The Morgan fingerprint density at radius 2 is 2.12 bits per heavy atom. The summed E-state index contributed by atoms with van der Waals surface area (Å²) in [4.78, 5) is 0. The molecule has 1 rings (SSSR count). The van der Waals surface area contributed by atoms with Crippen LogP contribution in [0, 0.1) is 12.7 Å². The van der Waals surface area contributed by atoms with Gasteiger partial charge in [0.05, 0.1) is 12.2 Å². The van der Waals surface area contributed by atoms with E-state index in [0.717, 1.165) is 11.1 Å². The summed E-state index contributed by atoms with van der Waals surface area (Å²) >= 11 is 0. The summed E-state index contributed by atoms with van der Waals surface area (Å²) in [5.74, 6) is -0.245. The number of ether oxygens (including phenoxy) is 1. The van der Waals surface area contributed by atoms with E-state index in [1.807, 2.05) is 13.8 Å². The number of rotatable bonds is 5. The van der Waals surface area contributed by atoms with E-state index < -0.39 is 5.60 Å². The van der Waals surface area contributed by atoms with Crippen LogP contribution in [-0.2, 0) is 11.2 Å². The highest BCUT2D eigenvalue weighted by molar-refractivity contribution is 5.27. The molecule has 1 unspecified atom stereocenters. The maximum Gasteiger partial charge on any atom is 0.123 e. The maximum atomic E-state index is 12.9. The molecule has 0 fully saturated rings. The van der Waals surface area contributed by atoms with E-state index in [-0.39, 0.29) is 5.82 Å². The molecule has 0 aliphatic rings. The molecule has 0 heterocycles. The number of aliphatic hydroxyl groups is 1. The van der Waals surface area contributed by atoms with Crippen molar-refractivity contribution in [1.82, 2.24) is 0 Å². The molecule has 0 radical (unpaired) electrons. The van der Waals surface area contributed by atoms with E-state index in [9.17, 15) is 9.50 Å². The van der Waals surface area contributed by atoms with Crippen LogP contribution in [0.5, 0.6) is 0 Å². The highest BCUT2D eigenvalue weighted by atomic mass is 19.1. The average molecular weight is 226 g/mol. The summed E-state index contributed by atoms with van der Waals surface area (Å²) in [6.07, 6.45) is 0.471. The third-order valence-corrected chi connectivity index (χ3v) is 2.49. The van der Waals surface area contributed by atoms with Gasteiger partial charge in [-0.3, -0.25) is 0 Å². The first-order valence-corrected chi connectivity index (χ1v) is 5.50. The molecular formula is C13H19FO2. The summed E-state index contributed by atoms with van der Waals surface area (Å²) in [7, 11) is 0. The van der Waals surface area contributed by atoms with Gasteiger partial charge in [0.25, 0.3) is 0 Å². The third kappa shape index (κ3) is 3.91. The Labute approximate surface area is 96.1 Å². The molecule has 3 heteroatoms. The van der Waals surface area contributed by atoms with E-state index in [4.69, 9.17) is 4.74 Å². The molecule has 0 aliphatic heterocycles. The lowest BCUT2D eigenvalue weighted by Gasteiger charge is -2.23. The minimum Gasteiger partial charge on any atom is -0.387 e. The van der Waals surface area contributed by atoms with Crippen molar-refractivity contribution >= 4 is 0 Å². The predicted octanol–water partition coefficient (Wildman–Crippen LogP) is 2.46. The Morgan fingerprint density at radius 3 is 2.69 bits per heavy atom. The first-order chi connectivity index (χ1) is 7.44. The average Bonchev–Trinajstić information content (AvgIpc) is 2.19. The van der Waals surface area contributed by atoms with Crippen molar-refractivity contribution in [2.75, 3.05) is 13.2 Å². The molecule has 0 spiro atoms. The second-order valence-electron chi connectivity index (χ2n) is 4.38. The van der Waals surface area contributed by atoms with E-state index in [0.29, 0.717) is 19.6 Å². The summed E-state index contributed by atoms with van der Waals surface area (Å²) in [5, 5.41) is 10.1. The molecule has 1 N–H and O–H groups in total. The molecule has 1 aromatic carbocycles. The Balaban J connectivity index is 2.71.